The molecule has 0 spiro atoms. The molecule has 5 heteroatoms. The van der Waals surface area contributed by atoms with Gasteiger partial charge >= 0.3 is 5.97 Å². The first kappa shape index (κ1) is 19.1. The number of nitrogens with one attached hydrogen (secondary N) is 1. The van der Waals surface area contributed by atoms with Gasteiger partial charge in [-0.05, 0) is 63.5 Å². The Morgan fingerprint density at radius 1 is 1.23 bits per heavy atom. The Morgan fingerprint density at radius 3 is 2.62 bits per heavy atom. The number of piperidine rings is 1. The van der Waals surface area contributed by atoms with Crippen molar-refractivity contribution in [1.82, 2.24) is 10.2 Å². The van der Waals surface area contributed by atoms with E-state index in [0.717, 1.165) is 31.5 Å². The van der Waals surface area contributed by atoms with Crippen LogP contribution in [-0.4, -0.2) is 37.6 Å². The van der Waals surface area contributed by atoms with Gasteiger partial charge in [0.15, 0.2) is 0 Å². The lowest BCUT2D eigenvalue weighted by atomic mass is 9.98. The highest BCUT2D eigenvalue weighted by Crippen LogP contribution is 2.21. The van der Waals surface area contributed by atoms with Gasteiger partial charge < -0.3 is 9.64 Å². The molecule has 1 N–H and O–H groups in total. The van der Waals surface area contributed by atoms with E-state index < -0.39 is 6.04 Å². The average molecular weight is 373 g/mol. The van der Waals surface area contributed by atoms with E-state index in [1.807, 2.05) is 30.3 Å². The summed E-state index contributed by atoms with van der Waals surface area (Å²) < 4.78 is 5.71. The van der Waals surface area contributed by atoms with Gasteiger partial charge in [-0.25, -0.2) is 4.79 Å². The van der Waals surface area contributed by atoms with Crippen LogP contribution in [0.5, 0.6) is 0 Å². The zero-order valence-electron chi connectivity index (χ0n) is 15.6. The van der Waals surface area contributed by atoms with Crippen LogP contribution < -0.4 is 5.32 Å². The van der Waals surface area contributed by atoms with E-state index in [4.69, 9.17) is 4.74 Å². The van der Waals surface area contributed by atoms with Crippen molar-refractivity contribution in [2.75, 3.05) is 26.7 Å². The lowest BCUT2D eigenvalue weighted by Gasteiger charge is -2.29. The van der Waals surface area contributed by atoms with Gasteiger partial charge in [0, 0.05) is 16.3 Å². The third-order valence-electron chi connectivity index (χ3n) is 4.94. The Kier molecular flexibility index (Phi) is 6.83. The predicted molar refractivity (Wildman–Crippen MR) is 106 cm³/mol. The molecule has 0 bridgehead atoms. The van der Waals surface area contributed by atoms with E-state index in [2.05, 4.69) is 36.3 Å². The van der Waals surface area contributed by atoms with Gasteiger partial charge in [0.2, 0.25) is 0 Å². The lowest BCUT2D eigenvalue weighted by Crippen LogP contribution is -2.34. The Bertz CT molecular complexity index is 693. The molecular formula is C21H28N2O2S. The number of likely N-dealkylation sites (tertiary alicyclic amines) is 1. The van der Waals surface area contributed by atoms with Crippen LogP contribution in [0.2, 0.25) is 0 Å². The first-order valence-corrected chi connectivity index (χ1v) is 10.1. The van der Waals surface area contributed by atoms with Gasteiger partial charge in [-0.1, -0.05) is 30.3 Å². The molecular weight excluding hydrogens is 344 g/mol. The van der Waals surface area contributed by atoms with Gasteiger partial charge in [-0.3, -0.25) is 5.32 Å². The maximum absolute atomic E-state index is 12.8. The fourth-order valence-corrected chi connectivity index (χ4v) is 4.12. The monoisotopic (exact) mass is 372 g/mol. The van der Waals surface area contributed by atoms with Gasteiger partial charge in [0.1, 0.15) is 6.04 Å². The number of carbonyl (C=O) groups is 1. The second-order valence-electron chi connectivity index (χ2n) is 7.11. The lowest BCUT2D eigenvalue weighted by molar-refractivity contribution is -0.148. The van der Waals surface area contributed by atoms with Crippen LogP contribution in [0.1, 0.15) is 34.2 Å². The highest BCUT2D eigenvalue weighted by molar-refractivity contribution is 7.11. The van der Waals surface area contributed by atoms with Crippen LogP contribution in [-0.2, 0) is 16.1 Å². The van der Waals surface area contributed by atoms with Crippen LogP contribution in [0.25, 0.3) is 0 Å². The minimum Gasteiger partial charge on any atom is -0.464 e. The highest BCUT2D eigenvalue weighted by Gasteiger charge is 2.24. The second-order valence-corrected chi connectivity index (χ2v) is 8.49. The number of ether oxygens (including phenoxy) is 1. The maximum Gasteiger partial charge on any atom is 0.327 e. The Balaban J connectivity index is 1.59. The predicted octanol–water partition coefficient (Wildman–Crippen LogP) is 3.77. The van der Waals surface area contributed by atoms with Crippen LogP contribution in [0.3, 0.4) is 0 Å². The molecule has 0 aliphatic carbocycles. The quantitative estimate of drug-likeness (QED) is 0.751. The number of rotatable bonds is 7. The SMILES string of the molecule is Cc1ccc(CNC(C(=O)OCC2CCN(C)CC2)c2ccccc2)s1. The molecule has 1 aliphatic heterocycles. The Labute approximate surface area is 160 Å². The summed E-state index contributed by atoms with van der Waals surface area (Å²) in [7, 11) is 2.14. The summed E-state index contributed by atoms with van der Waals surface area (Å²) in [6.45, 7) is 5.45. The third-order valence-corrected chi connectivity index (χ3v) is 5.95. The van der Waals surface area contributed by atoms with E-state index in [-0.39, 0.29) is 5.97 Å². The standard InChI is InChI=1S/C21H28N2O2S/c1-16-8-9-19(26-16)14-22-20(18-6-4-3-5-7-18)21(24)25-15-17-10-12-23(2)13-11-17/h3-9,17,20,22H,10-15H2,1-2H3. The number of nitrogens with zero attached hydrogens (tertiary/aromatic N) is 1. The highest BCUT2D eigenvalue weighted by atomic mass is 32.1. The summed E-state index contributed by atoms with van der Waals surface area (Å²) in [6.07, 6.45) is 2.20. The molecule has 4 nitrogen and oxygen atoms in total. The molecule has 26 heavy (non-hydrogen) atoms. The van der Waals surface area contributed by atoms with E-state index in [9.17, 15) is 4.79 Å². The molecule has 1 atom stereocenters. The summed E-state index contributed by atoms with van der Waals surface area (Å²) in [4.78, 5) is 17.6. The fourth-order valence-electron chi connectivity index (χ4n) is 3.28. The van der Waals surface area contributed by atoms with Crippen molar-refractivity contribution in [1.29, 1.82) is 0 Å². The smallest absolute Gasteiger partial charge is 0.327 e. The van der Waals surface area contributed by atoms with Crippen LogP contribution in [0.4, 0.5) is 0 Å². The van der Waals surface area contributed by atoms with Gasteiger partial charge in [0.25, 0.3) is 0 Å². The second kappa shape index (κ2) is 9.31. The molecule has 1 saturated heterocycles. The van der Waals surface area contributed by atoms with Crippen molar-refractivity contribution < 1.29 is 9.53 Å². The molecule has 2 heterocycles. The largest absolute Gasteiger partial charge is 0.464 e. The summed E-state index contributed by atoms with van der Waals surface area (Å²) in [5.74, 6) is 0.301. The first-order chi connectivity index (χ1) is 12.6. The number of hydrogen-bond donors (Lipinski definition) is 1. The molecule has 1 aromatic carbocycles. The first-order valence-electron chi connectivity index (χ1n) is 9.30. The minimum atomic E-state index is -0.426. The summed E-state index contributed by atoms with van der Waals surface area (Å²) in [6, 6.07) is 13.6. The number of hydrogen-bond acceptors (Lipinski definition) is 5. The number of benzene rings is 1. The maximum atomic E-state index is 12.8. The minimum absolute atomic E-state index is 0.177. The van der Waals surface area contributed by atoms with Crippen molar-refractivity contribution in [2.45, 2.75) is 32.4 Å². The van der Waals surface area contributed by atoms with Crippen molar-refractivity contribution in [2.24, 2.45) is 5.92 Å². The van der Waals surface area contributed by atoms with E-state index in [1.165, 1.54) is 9.75 Å². The van der Waals surface area contributed by atoms with Crippen LogP contribution >= 0.6 is 11.3 Å². The molecule has 140 valence electrons. The summed E-state index contributed by atoms with van der Waals surface area (Å²) in [5.41, 5.74) is 0.953. The third kappa shape index (κ3) is 5.40. The van der Waals surface area contributed by atoms with E-state index >= 15 is 0 Å². The number of aryl methyl sites for hydroxylation is 1. The molecule has 3 rings (SSSR count). The van der Waals surface area contributed by atoms with Crippen molar-refractivity contribution in [3.63, 3.8) is 0 Å². The van der Waals surface area contributed by atoms with Crippen molar-refractivity contribution in [3.05, 3.63) is 57.8 Å². The zero-order chi connectivity index (χ0) is 18.4. The molecule has 1 aromatic heterocycles. The zero-order valence-corrected chi connectivity index (χ0v) is 16.4. The van der Waals surface area contributed by atoms with E-state index in [1.54, 1.807) is 11.3 Å². The number of thiophene rings is 1. The molecule has 1 aliphatic rings. The van der Waals surface area contributed by atoms with Crippen LogP contribution in [0.15, 0.2) is 42.5 Å². The summed E-state index contributed by atoms with van der Waals surface area (Å²) in [5, 5.41) is 3.39. The Hall–Kier alpha value is -1.69. The summed E-state index contributed by atoms with van der Waals surface area (Å²) >= 11 is 1.75. The van der Waals surface area contributed by atoms with Gasteiger partial charge in [0.05, 0.1) is 6.61 Å². The topological polar surface area (TPSA) is 41.6 Å². The molecule has 0 saturated carbocycles. The normalized spacial score (nSPS) is 17.2. The fraction of sp³-hybridized carbons (Fsp3) is 0.476. The van der Waals surface area contributed by atoms with Gasteiger partial charge in [-0.15, -0.1) is 11.3 Å². The Morgan fingerprint density at radius 2 is 1.96 bits per heavy atom. The average Bonchev–Trinajstić information content (AvgIpc) is 3.07. The van der Waals surface area contributed by atoms with Crippen molar-refractivity contribution >= 4 is 17.3 Å². The number of carbonyl (C=O) groups excluding carboxylic acids is 1. The van der Waals surface area contributed by atoms with Crippen molar-refractivity contribution in [3.8, 4) is 0 Å². The molecule has 2 aromatic rings. The molecule has 1 unspecified atom stereocenters. The molecule has 0 amide bonds. The van der Waals surface area contributed by atoms with E-state index in [0.29, 0.717) is 19.1 Å². The van der Waals surface area contributed by atoms with Gasteiger partial charge in [-0.2, -0.15) is 0 Å². The van der Waals surface area contributed by atoms with Crippen LogP contribution in [0, 0.1) is 12.8 Å². The molecule has 1 fully saturated rings. The number of esters is 1. The molecule has 0 radical (unpaired) electrons.